The molecule has 15 heavy (non-hydrogen) atoms. The van der Waals surface area contributed by atoms with Crippen LogP contribution in [0.4, 0.5) is 0 Å². The molecular weight excluding hydrogens is 220 g/mol. The molecule has 0 saturated carbocycles. The first-order valence-corrected chi connectivity index (χ1v) is 4.85. The molecule has 0 aliphatic carbocycles. The van der Waals surface area contributed by atoms with Crippen molar-refractivity contribution in [1.82, 2.24) is 0 Å². The predicted molar refractivity (Wildman–Crippen MR) is 56.1 cm³/mol. The summed E-state index contributed by atoms with van der Waals surface area (Å²) in [5.41, 5.74) is 0. The van der Waals surface area contributed by atoms with Crippen molar-refractivity contribution in [2.75, 3.05) is 0 Å². The summed E-state index contributed by atoms with van der Waals surface area (Å²) in [5.74, 6) is 0.765. The van der Waals surface area contributed by atoms with E-state index in [4.69, 9.17) is 31.3 Å². The van der Waals surface area contributed by atoms with E-state index in [1.165, 1.54) is 19.9 Å². The summed E-state index contributed by atoms with van der Waals surface area (Å²) in [6.07, 6.45) is -1.86. The Morgan fingerprint density at radius 1 is 1.00 bits per heavy atom. The highest BCUT2D eigenvalue weighted by Gasteiger charge is 2.05. The largest absolute Gasteiger partial charge is 0.465 e. The lowest BCUT2D eigenvalue weighted by Crippen LogP contribution is -2.11. The standard InChI is InChI=1S/C10H13ClO4/c1-6(12)14-9-3-8(11)4-10(5-9)15-7(2)13/h3-7,12-13H,1-2H3. The maximum absolute atomic E-state index is 9.01. The quantitative estimate of drug-likeness (QED) is 0.777. The van der Waals surface area contributed by atoms with Crippen molar-refractivity contribution in [1.29, 1.82) is 0 Å². The van der Waals surface area contributed by atoms with E-state index in [1.54, 1.807) is 12.1 Å². The highest BCUT2D eigenvalue weighted by molar-refractivity contribution is 6.30. The Balaban J connectivity index is 2.84. The van der Waals surface area contributed by atoms with Crippen LogP contribution in [0.1, 0.15) is 13.8 Å². The Kier molecular flexibility index (Phi) is 4.20. The van der Waals surface area contributed by atoms with Gasteiger partial charge >= 0.3 is 0 Å². The Morgan fingerprint density at radius 2 is 1.40 bits per heavy atom. The fourth-order valence-corrected chi connectivity index (χ4v) is 1.28. The first-order chi connectivity index (χ1) is 6.97. The fourth-order valence-electron chi connectivity index (χ4n) is 1.07. The third-order valence-electron chi connectivity index (χ3n) is 1.46. The molecule has 1 aromatic carbocycles. The third kappa shape index (κ3) is 4.38. The molecule has 2 unspecified atom stereocenters. The van der Waals surface area contributed by atoms with Crippen LogP contribution in [0.15, 0.2) is 18.2 Å². The average molecular weight is 233 g/mol. The molecule has 2 N–H and O–H groups in total. The van der Waals surface area contributed by atoms with Crippen LogP contribution < -0.4 is 9.47 Å². The monoisotopic (exact) mass is 232 g/mol. The third-order valence-corrected chi connectivity index (χ3v) is 1.68. The molecule has 0 aliphatic heterocycles. The maximum Gasteiger partial charge on any atom is 0.194 e. The lowest BCUT2D eigenvalue weighted by atomic mass is 10.3. The molecular formula is C10H13ClO4. The average Bonchev–Trinajstić information content (AvgIpc) is 1.98. The van der Waals surface area contributed by atoms with Crippen LogP contribution in [0.2, 0.25) is 5.02 Å². The van der Waals surface area contributed by atoms with E-state index >= 15 is 0 Å². The molecule has 0 bridgehead atoms. The number of aliphatic hydroxyl groups excluding tert-OH is 2. The molecule has 0 spiro atoms. The van der Waals surface area contributed by atoms with Gasteiger partial charge < -0.3 is 19.7 Å². The van der Waals surface area contributed by atoms with Gasteiger partial charge in [-0.2, -0.15) is 0 Å². The second kappa shape index (κ2) is 5.21. The van der Waals surface area contributed by atoms with Gasteiger partial charge in [0.15, 0.2) is 12.6 Å². The molecule has 0 heterocycles. The van der Waals surface area contributed by atoms with Gasteiger partial charge in [0.1, 0.15) is 11.5 Å². The zero-order valence-electron chi connectivity index (χ0n) is 8.48. The van der Waals surface area contributed by atoms with Crippen molar-refractivity contribution in [3.8, 4) is 11.5 Å². The van der Waals surface area contributed by atoms with Gasteiger partial charge in [-0.1, -0.05) is 11.6 Å². The van der Waals surface area contributed by atoms with Gasteiger partial charge in [0.05, 0.1) is 0 Å². The van der Waals surface area contributed by atoms with E-state index in [0.29, 0.717) is 16.5 Å². The first-order valence-electron chi connectivity index (χ1n) is 4.47. The van der Waals surface area contributed by atoms with E-state index in [9.17, 15) is 0 Å². The molecule has 0 fully saturated rings. The van der Waals surface area contributed by atoms with Crippen molar-refractivity contribution in [3.05, 3.63) is 23.2 Å². The highest BCUT2D eigenvalue weighted by Crippen LogP contribution is 2.27. The molecule has 0 amide bonds. The van der Waals surface area contributed by atoms with E-state index in [-0.39, 0.29) is 0 Å². The number of hydrogen-bond acceptors (Lipinski definition) is 4. The summed E-state index contributed by atoms with van der Waals surface area (Å²) >= 11 is 5.79. The smallest absolute Gasteiger partial charge is 0.194 e. The Labute approximate surface area is 93.0 Å². The van der Waals surface area contributed by atoms with Gasteiger partial charge in [-0.25, -0.2) is 0 Å². The van der Waals surface area contributed by atoms with Gasteiger partial charge in [-0.15, -0.1) is 0 Å². The minimum Gasteiger partial charge on any atom is -0.465 e. The van der Waals surface area contributed by atoms with Crippen LogP contribution >= 0.6 is 11.6 Å². The summed E-state index contributed by atoms with van der Waals surface area (Å²) < 4.78 is 10.1. The fraction of sp³-hybridized carbons (Fsp3) is 0.400. The molecule has 84 valence electrons. The highest BCUT2D eigenvalue weighted by atomic mass is 35.5. The second-order valence-electron chi connectivity index (χ2n) is 3.06. The zero-order chi connectivity index (χ0) is 11.4. The Bertz CT molecular complexity index is 297. The summed E-state index contributed by atoms with van der Waals surface area (Å²) in [4.78, 5) is 0. The SMILES string of the molecule is CC(O)Oc1cc(Cl)cc(OC(C)O)c1. The molecule has 0 saturated heterocycles. The number of benzene rings is 1. The van der Waals surface area contributed by atoms with Gasteiger partial charge in [-0.3, -0.25) is 0 Å². The van der Waals surface area contributed by atoms with Crippen LogP contribution in [0.3, 0.4) is 0 Å². The van der Waals surface area contributed by atoms with Crippen molar-refractivity contribution in [3.63, 3.8) is 0 Å². The molecule has 1 aromatic rings. The van der Waals surface area contributed by atoms with Crippen LogP contribution in [-0.4, -0.2) is 22.8 Å². The van der Waals surface area contributed by atoms with Crippen LogP contribution in [0.25, 0.3) is 0 Å². The minimum absolute atomic E-state index is 0.383. The van der Waals surface area contributed by atoms with E-state index < -0.39 is 12.6 Å². The summed E-state index contributed by atoms with van der Waals surface area (Å²) in [6, 6.07) is 4.62. The number of halogens is 1. The zero-order valence-corrected chi connectivity index (χ0v) is 9.23. The predicted octanol–water partition coefficient (Wildman–Crippen LogP) is 1.77. The van der Waals surface area contributed by atoms with Gasteiger partial charge in [0.2, 0.25) is 0 Å². The van der Waals surface area contributed by atoms with Crippen LogP contribution in [-0.2, 0) is 0 Å². The Morgan fingerprint density at radius 3 is 1.73 bits per heavy atom. The van der Waals surface area contributed by atoms with E-state index in [1.807, 2.05) is 0 Å². The molecule has 2 atom stereocenters. The molecule has 1 rings (SSSR count). The number of ether oxygens (including phenoxy) is 2. The molecule has 0 aromatic heterocycles. The lowest BCUT2D eigenvalue weighted by Gasteiger charge is -2.12. The summed E-state index contributed by atoms with van der Waals surface area (Å²) in [6.45, 7) is 2.96. The van der Waals surface area contributed by atoms with Gasteiger partial charge in [0, 0.05) is 11.1 Å². The van der Waals surface area contributed by atoms with Crippen molar-refractivity contribution >= 4 is 11.6 Å². The van der Waals surface area contributed by atoms with E-state index in [2.05, 4.69) is 0 Å². The first kappa shape index (κ1) is 12.1. The second-order valence-corrected chi connectivity index (χ2v) is 3.49. The Hall–Kier alpha value is -0.970. The van der Waals surface area contributed by atoms with Crippen LogP contribution in [0.5, 0.6) is 11.5 Å². The lowest BCUT2D eigenvalue weighted by molar-refractivity contribution is -0.00527. The topological polar surface area (TPSA) is 58.9 Å². The van der Waals surface area contributed by atoms with Crippen molar-refractivity contribution in [2.45, 2.75) is 26.4 Å². The van der Waals surface area contributed by atoms with Crippen molar-refractivity contribution < 1.29 is 19.7 Å². The van der Waals surface area contributed by atoms with Crippen LogP contribution in [0, 0.1) is 0 Å². The van der Waals surface area contributed by atoms with Gasteiger partial charge in [0.25, 0.3) is 0 Å². The van der Waals surface area contributed by atoms with Crippen molar-refractivity contribution in [2.24, 2.45) is 0 Å². The molecule has 4 nitrogen and oxygen atoms in total. The van der Waals surface area contributed by atoms with E-state index in [0.717, 1.165) is 0 Å². The number of hydrogen-bond donors (Lipinski definition) is 2. The summed E-state index contributed by atoms with van der Waals surface area (Å²) in [5, 5.41) is 18.4. The molecule has 5 heteroatoms. The summed E-state index contributed by atoms with van der Waals surface area (Å²) in [7, 11) is 0. The number of aliphatic hydroxyl groups is 2. The van der Waals surface area contributed by atoms with Gasteiger partial charge in [-0.05, 0) is 26.0 Å². The maximum atomic E-state index is 9.01. The molecule has 0 radical (unpaired) electrons. The molecule has 0 aliphatic rings. The normalized spacial score (nSPS) is 14.5. The minimum atomic E-state index is -0.928. The number of rotatable bonds is 4.